The minimum atomic E-state index is -3.77. The van der Waals surface area contributed by atoms with E-state index in [2.05, 4.69) is 24.0 Å². The van der Waals surface area contributed by atoms with Crippen molar-refractivity contribution in [3.05, 3.63) is 95.9 Å². The molecular weight excluding hydrogens is 458 g/mol. The van der Waals surface area contributed by atoms with E-state index in [1.54, 1.807) is 12.1 Å². The van der Waals surface area contributed by atoms with Gasteiger partial charge in [0.1, 0.15) is 5.69 Å². The Morgan fingerprint density at radius 3 is 2.20 bits per heavy atom. The Hall–Kier alpha value is -3.70. The van der Waals surface area contributed by atoms with Gasteiger partial charge in [0.05, 0.1) is 11.4 Å². The molecule has 3 aromatic carbocycles. The van der Waals surface area contributed by atoms with Crippen LogP contribution in [0.4, 0.5) is 0 Å². The van der Waals surface area contributed by atoms with Gasteiger partial charge in [0.2, 0.25) is 10.0 Å². The summed E-state index contributed by atoms with van der Waals surface area (Å²) in [6.07, 6.45) is 1.39. The predicted octanol–water partition coefficient (Wildman–Crippen LogP) is 4.35. The first-order valence-corrected chi connectivity index (χ1v) is 12.7. The molecule has 4 aromatic rings. The number of nitrogens with two attached hydrogens (primary N) is 1. The first-order chi connectivity index (χ1) is 16.8. The van der Waals surface area contributed by atoms with Crippen LogP contribution in [0, 0.1) is 11.8 Å². The lowest BCUT2D eigenvalue weighted by molar-refractivity contribution is 0.464. The van der Waals surface area contributed by atoms with Gasteiger partial charge in [0.15, 0.2) is 11.7 Å². The topological polar surface area (TPSA) is 89.4 Å². The Balaban J connectivity index is 1.56. The molecule has 0 bridgehead atoms. The fraction of sp³-hybridized carbons (Fsp3) is 0.179. The summed E-state index contributed by atoms with van der Waals surface area (Å²) in [7, 11) is 0.222. The Kier molecular flexibility index (Phi) is 7.47. The number of rotatable bonds is 7. The van der Waals surface area contributed by atoms with E-state index in [1.165, 1.54) is 17.7 Å². The molecule has 0 aliphatic carbocycles. The molecule has 2 N–H and O–H groups in total. The third kappa shape index (κ3) is 6.46. The van der Waals surface area contributed by atoms with E-state index in [0.717, 1.165) is 35.3 Å². The molecule has 0 saturated carbocycles. The zero-order chi connectivity index (χ0) is 24.8. The molecule has 0 atom stereocenters. The van der Waals surface area contributed by atoms with Gasteiger partial charge in [0, 0.05) is 23.1 Å². The van der Waals surface area contributed by atoms with Gasteiger partial charge in [-0.15, -0.1) is 0 Å². The van der Waals surface area contributed by atoms with Crippen LogP contribution < -0.4 is 5.14 Å². The lowest BCUT2D eigenvalue weighted by atomic mass is 10.1. The molecule has 0 spiro atoms. The van der Waals surface area contributed by atoms with Crippen LogP contribution in [0.25, 0.3) is 22.6 Å². The molecular formula is C28H27N3O3S. The molecule has 1 heterocycles. The van der Waals surface area contributed by atoms with Gasteiger partial charge in [-0.05, 0) is 62.5 Å². The van der Waals surface area contributed by atoms with Crippen LogP contribution in [-0.4, -0.2) is 38.9 Å². The van der Waals surface area contributed by atoms with Crippen LogP contribution in [0.1, 0.15) is 17.0 Å². The van der Waals surface area contributed by atoms with E-state index in [-0.39, 0.29) is 4.90 Å². The summed E-state index contributed by atoms with van der Waals surface area (Å²) in [5.41, 5.74) is 4.53. The van der Waals surface area contributed by atoms with Gasteiger partial charge < -0.3 is 4.42 Å². The summed E-state index contributed by atoms with van der Waals surface area (Å²) >= 11 is 0. The molecule has 0 saturated heterocycles. The molecule has 0 aliphatic rings. The fourth-order valence-corrected chi connectivity index (χ4v) is 4.08. The smallest absolute Gasteiger partial charge is 0.238 e. The van der Waals surface area contributed by atoms with Crippen LogP contribution in [0.15, 0.2) is 88.2 Å². The molecule has 35 heavy (non-hydrogen) atoms. The number of oxazole rings is 1. The zero-order valence-electron chi connectivity index (χ0n) is 19.7. The van der Waals surface area contributed by atoms with Crippen LogP contribution in [0.2, 0.25) is 0 Å². The first kappa shape index (κ1) is 24.4. The van der Waals surface area contributed by atoms with Gasteiger partial charge in [-0.2, -0.15) is 0 Å². The first-order valence-electron chi connectivity index (χ1n) is 11.2. The Morgan fingerprint density at radius 2 is 1.57 bits per heavy atom. The second-order valence-electron chi connectivity index (χ2n) is 8.46. The molecule has 0 amide bonds. The van der Waals surface area contributed by atoms with E-state index in [0.29, 0.717) is 18.1 Å². The second-order valence-corrected chi connectivity index (χ2v) is 10.0. The number of hydrogen-bond donors (Lipinski definition) is 1. The van der Waals surface area contributed by atoms with E-state index in [4.69, 9.17) is 14.5 Å². The van der Waals surface area contributed by atoms with Crippen molar-refractivity contribution >= 4 is 10.0 Å². The van der Waals surface area contributed by atoms with Crippen LogP contribution in [-0.2, 0) is 22.9 Å². The van der Waals surface area contributed by atoms with Gasteiger partial charge in [-0.25, -0.2) is 18.5 Å². The minimum Gasteiger partial charge on any atom is -0.440 e. The van der Waals surface area contributed by atoms with Crippen molar-refractivity contribution in [2.75, 3.05) is 20.6 Å². The minimum absolute atomic E-state index is 0.0529. The van der Waals surface area contributed by atoms with Crippen molar-refractivity contribution in [1.29, 1.82) is 0 Å². The van der Waals surface area contributed by atoms with Crippen molar-refractivity contribution in [3.63, 3.8) is 0 Å². The molecule has 1 aromatic heterocycles. The van der Waals surface area contributed by atoms with Crippen molar-refractivity contribution in [3.8, 4) is 34.4 Å². The summed E-state index contributed by atoms with van der Waals surface area (Å²) in [6, 6.07) is 24.3. The lowest BCUT2D eigenvalue weighted by Gasteiger charge is -2.03. The molecule has 0 fully saturated rings. The standard InChI is InChI=1S/C28H27N3O3S/c1-31(2)20-6-7-21-10-12-22(13-11-21)14-19-26-30-27(23-8-4-3-5-9-23)28(34-26)24-15-17-25(18-16-24)35(29,32)33/h3-5,8-13,15-18H,14,19-20H2,1-2H3,(H2,29,32,33). The quantitative estimate of drug-likeness (QED) is 0.393. The number of aryl methyl sites for hydroxylation is 2. The van der Waals surface area contributed by atoms with Crippen molar-refractivity contribution in [1.82, 2.24) is 9.88 Å². The maximum absolute atomic E-state index is 11.6. The maximum Gasteiger partial charge on any atom is 0.238 e. The molecule has 178 valence electrons. The monoisotopic (exact) mass is 485 g/mol. The molecule has 6 nitrogen and oxygen atoms in total. The van der Waals surface area contributed by atoms with E-state index in [9.17, 15) is 8.42 Å². The largest absolute Gasteiger partial charge is 0.440 e. The van der Waals surface area contributed by atoms with E-state index < -0.39 is 10.0 Å². The van der Waals surface area contributed by atoms with E-state index in [1.807, 2.05) is 61.5 Å². The van der Waals surface area contributed by atoms with Crippen LogP contribution in [0.3, 0.4) is 0 Å². The van der Waals surface area contributed by atoms with Gasteiger partial charge in [-0.3, -0.25) is 4.90 Å². The summed E-state index contributed by atoms with van der Waals surface area (Å²) < 4.78 is 29.4. The van der Waals surface area contributed by atoms with Crippen molar-refractivity contribution in [2.24, 2.45) is 5.14 Å². The normalized spacial score (nSPS) is 11.3. The number of sulfonamides is 1. The Morgan fingerprint density at radius 1 is 0.886 bits per heavy atom. The zero-order valence-corrected chi connectivity index (χ0v) is 20.5. The fourth-order valence-electron chi connectivity index (χ4n) is 3.56. The molecule has 0 aliphatic heterocycles. The summed E-state index contributed by atoms with van der Waals surface area (Å²) in [5.74, 6) is 7.52. The van der Waals surface area contributed by atoms with Crippen LogP contribution >= 0.6 is 0 Å². The van der Waals surface area contributed by atoms with Crippen molar-refractivity contribution in [2.45, 2.75) is 17.7 Å². The number of nitrogens with zero attached hydrogens (tertiary/aromatic N) is 2. The van der Waals surface area contributed by atoms with Gasteiger partial charge >= 0.3 is 0 Å². The average Bonchev–Trinajstić information content (AvgIpc) is 3.28. The Labute approximate surface area is 206 Å². The number of aromatic nitrogens is 1. The highest BCUT2D eigenvalue weighted by Crippen LogP contribution is 2.33. The molecule has 0 unspecified atom stereocenters. The number of benzene rings is 3. The lowest BCUT2D eigenvalue weighted by Crippen LogP contribution is -2.11. The summed E-state index contributed by atoms with van der Waals surface area (Å²) in [5, 5.41) is 5.24. The Bertz CT molecular complexity index is 1450. The summed E-state index contributed by atoms with van der Waals surface area (Å²) in [4.78, 5) is 6.87. The average molecular weight is 486 g/mol. The third-order valence-corrected chi connectivity index (χ3v) is 6.30. The molecule has 7 heteroatoms. The van der Waals surface area contributed by atoms with Gasteiger partial charge in [0.25, 0.3) is 0 Å². The van der Waals surface area contributed by atoms with Crippen molar-refractivity contribution < 1.29 is 12.8 Å². The summed E-state index contributed by atoms with van der Waals surface area (Å²) in [6.45, 7) is 0.725. The van der Waals surface area contributed by atoms with Crippen LogP contribution in [0.5, 0.6) is 0 Å². The van der Waals surface area contributed by atoms with E-state index >= 15 is 0 Å². The highest BCUT2D eigenvalue weighted by Gasteiger charge is 2.18. The number of hydrogen-bond acceptors (Lipinski definition) is 5. The highest BCUT2D eigenvalue weighted by molar-refractivity contribution is 7.89. The second kappa shape index (κ2) is 10.7. The van der Waals surface area contributed by atoms with Gasteiger partial charge in [-0.1, -0.05) is 54.3 Å². The highest BCUT2D eigenvalue weighted by atomic mass is 32.2. The molecule has 4 rings (SSSR count). The predicted molar refractivity (Wildman–Crippen MR) is 138 cm³/mol. The SMILES string of the molecule is CN(C)CC#Cc1ccc(CCc2nc(-c3ccccc3)c(-c3ccc(S(N)(=O)=O)cc3)o2)cc1. The third-order valence-electron chi connectivity index (χ3n) is 5.37. The number of primary sulfonamides is 1. The molecule has 0 radical (unpaired) electrons. The maximum atomic E-state index is 11.6.